The zero-order valence-electron chi connectivity index (χ0n) is 10.4. The van der Waals surface area contributed by atoms with E-state index < -0.39 is 0 Å². The summed E-state index contributed by atoms with van der Waals surface area (Å²) in [6, 6.07) is 10.00. The second kappa shape index (κ2) is 7.96. The third-order valence-electron chi connectivity index (χ3n) is 2.70. The van der Waals surface area contributed by atoms with Crippen molar-refractivity contribution in [3.05, 3.63) is 48.0 Å². The van der Waals surface area contributed by atoms with Gasteiger partial charge in [0.2, 0.25) is 0 Å². The molecule has 6 heteroatoms. The van der Waals surface area contributed by atoms with Gasteiger partial charge in [-0.3, -0.25) is 4.79 Å². The number of ketones is 1. The van der Waals surface area contributed by atoms with Crippen molar-refractivity contribution in [2.45, 2.75) is 25.1 Å². The lowest BCUT2D eigenvalue weighted by molar-refractivity contribution is -0.119. The minimum atomic E-state index is 0. The Balaban J connectivity index is 0.00000180. The summed E-state index contributed by atoms with van der Waals surface area (Å²) in [6.07, 6.45) is 2.75. The second-order valence-electron chi connectivity index (χ2n) is 4.02. The molecule has 1 aromatic carbocycles. The molecule has 0 amide bonds. The Hall–Kier alpha value is -1.33. The number of carbonyl (C=O) groups is 1. The van der Waals surface area contributed by atoms with Crippen molar-refractivity contribution >= 4 is 30.8 Å². The van der Waals surface area contributed by atoms with Crippen LogP contribution in [0.4, 0.5) is 0 Å². The standard InChI is InChI=1S/C13H15N3OS.ClH/c17-12(7-6-11-4-2-1-3-5-11)8-16-13(9-18)14-10-15-16;/h1-5,10,18H,6-9H2;1H. The topological polar surface area (TPSA) is 47.8 Å². The molecule has 0 bridgehead atoms. The Kier molecular flexibility index (Phi) is 6.59. The molecular weight excluding hydrogens is 282 g/mol. The molecule has 0 fully saturated rings. The zero-order chi connectivity index (χ0) is 12.8. The van der Waals surface area contributed by atoms with Gasteiger partial charge in [-0.1, -0.05) is 30.3 Å². The summed E-state index contributed by atoms with van der Waals surface area (Å²) >= 11 is 4.14. The van der Waals surface area contributed by atoms with Gasteiger partial charge in [-0.05, 0) is 12.0 Å². The summed E-state index contributed by atoms with van der Waals surface area (Å²) in [4.78, 5) is 15.9. The van der Waals surface area contributed by atoms with E-state index in [1.165, 1.54) is 11.9 Å². The van der Waals surface area contributed by atoms with E-state index in [-0.39, 0.29) is 24.7 Å². The Morgan fingerprint density at radius 3 is 2.68 bits per heavy atom. The summed E-state index contributed by atoms with van der Waals surface area (Å²) in [5.74, 6) is 1.38. The first-order valence-electron chi connectivity index (χ1n) is 5.83. The van der Waals surface area contributed by atoms with Gasteiger partial charge in [0, 0.05) is 6.42 Å². The van der Waals surface area contributed by atoms with Crippen LogP contribution in [-0.2, 0) is 23.5 Å². The Bertz CT molecular complexity index is 516. The molecule has 0 saturated heterocycles. The van der Waals surface area contributed by atoms with Crippen LogP contribution < -0.4 is 0 Å². The normalized spacial score (nSPS) is 9.95. The maximum atomic E-state index is 11.8. The highest BCUT2D eigenvalue weighted by atomic mass is 35.5. The van der Waals surface area contributed by atoms with Crippen molar-refractivity contribution in [1.29, 1.82) is 0 Å². The molecule has 0 aliphatic rings. The smallest absolute Gasteiger partial charge is 0.154 e. The number of carbonyl (C=O) groups excluding carboxylic acids is 1. The molecule has 0 radical (unpaired) electrons. The summed E-state index contributed by atoms with van der Waals surface area (Å²) in [5, 5.41) is 4.02. The summed E-state index contributed by atoms with van der Waals surface area (Å²) in [7, 11) is 0. The van der Waals surface area contributed by atoms with E-state index in [1.807, 2.05) is 30.3 Å². The Morgan fingerprint density at radius 1 is 1.26 bits per heavy atom. The number of benzene rings is 1. The van der Waals surface area contributed by atoms with Gasteiger partial charge in [0.15, 0.2) is 5.78 Å². The second-order valence-corrected chi connectivity index (χ2v) is 4.33. The molecule has 0 unspecified atom stereocenters. The Labute approximate surface area is 124 Å². The highest BCUT2D eigenvalue weighted by Gasteiger charge is 2.08. The molecule has 0 N–H and O–H groups in total. The summed E-state index contributed by atoms with van der Waals surface area (Å²) < 4.78 is 1.61. The molecule has 0 atom stereocenters. The number of halogens is 1. The molecule has 19 heavy (non-hydrogen) atoms. The van der Waals surface area contributed by atoms with Gasteiger partial charge in [-0.15, -0.1) is 12.4 Å². The van der Waals surface area contributed by atoms with E-state index in [0.717, 1.165) is 12.2 Å². The number of hydrogen-bond donors (Lipinski definition) is 1. The number of nitrogens with zero attached hydrogens (tertiary/aromatic N) is 3. The molecule has 0 aliphatic carbocycles. The third-order valence-corrected chi connectivity index (χ3v) is 2.98. The van der Waals surface area contributed by atoms with Crippen molar-refractivity contribution in [2.75, 3.05) is 0 Å². The van der Waals surface area contributed by atoms with E-state index in [2.05, 4.69) is 22.7 Å². The van der Waals surface area contributed by atoms with E-state index in [4.69, 9.17) is 0 Å². The number of aromatic nitrogens is 3. The first-order valence-corrected chi connectivity index (χ1v) is 6.46. The van der Waals surface area contributed by atoms with Gasteiger partial charge >= 0.3 is 0 Å². The fraction of sp³-hybridized carbons (Fsp3) is 0.308. The molecule has 1 heterocycles. The molecule has 0 saturated carbocycles. The van der Waals surface area contributed by atoms with Gasteiger partial charge in [0.05, 0.1) is 5.75 Å². The molecule has 0 spiro atoms. The number of hydrogen-bond acceptors (Lipinski definition) is 4. The lowest BCUT2D eigenvalue weighted by Gasteiger charge is -2.04. The summed E-state index contributed by atoms with van der Waals surface area (Å²) in [5.41, 5.74) is 1.18. The zero-order valence-corrected chi connectivity index (χ0v) is 12.1. The van der Waals surface area contributed by atoms with Gasteiger partial charge in [0.25, 0.3) is 0 Å². The maximum absolute atomic E-state index is 11.8. The average molecular weight is 298 g/mol. The van der Waals surface area contributed by atoms with Crippen molar-refractivity contribution in [3.63, 3.8) is 0 Å². The Morgan fingerprint density at radius 2 is 2.00 bits per heavy atom. The van der Waals surface area contributed by atoms with Crippen LogP contribution in [0.5, 0.6) is 0 Å². The monoisotopic (exact) mass is 297 g/mol. The average Bonchev–Trinajstić information content (AvgIpc) is 2.85. The number of rotatable bonds is 6. The lowest BCUT2D eigenvalue weighted by atomic mass is 10.1. The van der Waals surface area contributed by atoms with E-state index >= 15 is 0 Å². The van der Waals surface area contributed by atoms with Crippen LogP contribution >= 0.6 is 25.0 Å². The predicted octanol–water partition coefficient (Wildman–Crippen LogP) is 2.33. The molecule has 0 aliphatic heterocycles. The third kappa shape index (κ3) is 4.69. The summed E-state index contributed by atoms with van der Waals surface area (Å²) in [6.45, 7) is 0.280. The maximum Gasteiger partial charge on any atom is 0.154 e. The van der Waals surface area contributed by atoms with Gasteiger partial charge < -0.3 is 0 Å². The van der Waals surface area contributed by atoms with Gasteiger partial charge in [-0.2, -0.15) is 17.7 Å². The van der Waals surface area contributed by atoms with Gasteiger partial charge in [-0.25, -0.2) is 9.67 Å². The van der Waals surface area contributed by atoms with E-state index in [0.29, 0.717) is 12.2 Å². The highest BCUT2D eigenvalue weighted by Crippen LogP contribution is 2.05. The fourth-order valence-electron chi connectivity index (χ4n) is 1.72. The number of aryl methyl sites for hydroxylation is 1. The minimum absolute atomic E-state index is 0. The SMILES string of the molecule is Cl.O=C(CCc1ccccc1)Cn1ncnc1CS. The highest BCUT2D eigenvalue weighted by molar-refractivity contribution is 7.79. The molecular formula is C13H16ClN3OS. The van der Waals surface area contributed by atoms with Crippen LogP contribution in [0.2, 0.25) is 0 Å². The van der Waals surface area contributed by atoms with Gasteiger partial charge in [0.1, 0.15) is 18.7 Å². The van der Waals surface area contributed by atoms with Crippen LogP contribution in [0.3, 0.4) is 0 Å². The largest absolute Gasteiger partial charge is 0.298 e. The van der Waals surface area contributed by atoms with Crippen molar-refractivity contribution < 1.29 is 4.79 Å². The molecule has 102 valence electrons. The first kappa shape index (κ1) is 15.7. The van der Waals surface area contributed by atoms with Crippen LogP contribution in [0, 0.1) is 0 Å². The predicted molar refractivity (Wildman–Crippen MR) is 79.7 cm³/mol. The molecule has 2 aromatic rings. The molecule has 2 rings (SSSR count). The van der Waals surface area contributed by atoms with Crippen LogP contribution in [0.25, 0.3) is 0 Å². The molecule has 1 aromatic heterocycles. The quantitative estimate of drug-likeness (QED) is 0.833. The van der Waals surface area contributed by atoms with E-state index in [9.17, 15) is 4.79 Å². The van der Waals surface area contributed by atoms with Crippen molar-refractivity contribution in [3.8, 4) is 0 Å². The number of Topliss-reactive ketones (excluding diaryl/α,β-unsaturated/α-hetero) is 1. The van der Waals surface area contributed by atoms with Crippen LogP contribution in [-0.4, -0.2) is 20.5 Å². The fourth-order valence-corrected chi connectivity index (χ4v) is 1.96. The van der Waals surface area contributed by atoms with Crippen LogP contribution in [0.15, 0.2) is 36.7 Å². The van der Waals surface area contributed by atoms with Crippen molar-refractivity contribution in [2.24, 2.45) is 0 Å². The lowest BCUT2D eigenvalue weighted by Crippen LogP contribution is -2.14. The minimum Gasteiger partial charge on any atom is -0.298 e. The molecule has 4 nitrogen and oxygen atoms in total. The first-order chi connectivity index (χ1) is 8.79. The number of thiol groups is 1. The van der Waals surface area contributed by atoms with E-state index in [1.54, 1.807) is 4.68 Å². The van der Waals surface area contributed by atoms with Crippen molar-refractivity contribution in [1.82, 2.24) is 14.8 Å². The van der Waals surface area contributed by atoms with Crippen LogP contribution in [0.1, 0.15) is 17.8 Å².